The summed E-state index contributed by atoms with van der Waals surface area (Å²) in [5, 5.41) is 1.22. The summed E-state index contributed by atoms with van der Waals surface area (Å²) in [6, 6.07) is 66.0. The summed E-state index contributed by atoms with van der Waals surface area (Å²) < 4.78 is 7.63. The molecule has 4 nitrogen and oxygen atoms in total. The fourth-order valence-corrected chi connectivity index (χ4v) is 15.4. The van der Waals surface area contributed by atoms with Crippen molar-refractivity contribution in [3.8, 4) is 11.1 Å². The zero-order chi connectivity index (χ0) is 54.8. The SMILES string of the molecule is CC1(C)Cc2cc3oc4c(c3cc2C1)B1c2ccc(C(C)(C)c3ccccc3)cc2N(c2ccc(C(C)(C)C)cc2-c2ccccc2)c2cc(N3c5ccccc5C5(C)CCCCC35C)cc(c21)N4c1ccc(C(C)(C)C)cc1. The van der Waals surface area contributed by atoms with Crippen molar-refractivity contribution in [2.75, 3.05) is 14.7 Å². The molecule has 4 heterocycles. The summed E-state index contributed by atoms with van der Waals surface area (Å²) >= 11 is 0. The molecule has 14 rings (SSSR count). The third kappa shape index (κ3) is 7.46. The number of furan rings is 1. The summed E-state index contributed by atoms with van der Waals surface area (Å²) in [6.07, 6.45) is 6.80. The molecular weight excluding hydrogens is 958 g/mol. The highest BCUT2D eigenvalue weighted by atomic mass is 16.4. The number of hydrogen-bond donors (Lipinski definition) is 0. The number of nitrogens with zero attached hydrogens (tertiary/aromatic N) is 3. The number of anilines is 8. The molecule has 5 heteroatoms. The largest absolute Gasteiger partial charge is 0.440 e. The van der Waals surface area contributed by atoms with Crippen LogP contribution in [0.2, 0.25) is 0 Å². The first-order valence-corrected chi connectivity index (χ1v) is 29.4. The molecular formula is C74H76BN3O. The molecule has 3 aliphatic heterocycles. The van der Waals surface area contributed by atoms with Crippen LogP contribution in [0.4, 0.5) is 45.7 Å². The quantitative estimate of drug-likeness (QED) is 0.155. The van der Waals surface area contributed by atoms with Crippen molar-refractivity contribution in [2.24, 2.45) is 5.41 Å². The van der Waals surface area contributed by atoms with E-state index in [0.29, 0.717) is 0 Å². The maximum Gasteiger partial charge on any atom is 0.257 e. The van der Waals surface area contributed by atoms with Gasteiger partial charge in [0.25, 0.3) is 6.71 Å². The van der Waals surface area contributed by atoms with Gasteiger partial charge in [0.1, 0.15) is 5.58 Å². The van der Waals surface area contributed by atoms with Gasteiger partial charge < -0.3 is 14.2 Å². The average Bonchev–Trinajstić information content (AvgIpc) is 3.56. The van der Waals surface area contributed by atoms with E-state index in [0.717, 1.165) is 42.8 Å². The molecule has 0 radical (unpaired) electrons. The van der Waals surface area contributed by atoms with Gasteiger partial charge in [0.2, 0.25) is 5.88 Å². The first-order chi connectivity index (χ1) is 37.6. The molecule has 9 aromatic rings. The monoisotopic (exact) mass is 1030 g/mol. The predicted octanol–water partition coefficient (Wildman–Crippen LogP) is 18.0. The highest BCUT2D eigenvalue weighted by Crippen LogP contribution is 2.62. The summed E-state index contributed by atoms with van der Waals surface area (Å²) in [7, 11) is 0. The fraction of sp³-hybridized carbons (Fsp3) is 0.324. The second-order valence-corrected chi connectivity index (χ2v) is 28.0. The maximum atomic E-state index is 7.63. The molecule has 2 unspecified atom stereocenters. The molecule has 1 fully saturated rings. The van der Waals surface area contributed by atoms with Crippen LogP contribution < -0.4 is 31.1 Å². The van der Waals surface area contributed by atoms with Crippen molar-refractivity contribution in [1.82, 2.24) is 0 Å². The van der Waals surface area contributed by atoms with Gasteiger partial charge in [-0.2, -0.15) is 0 Å². The Kier molecular flexibility index (Phi) is 10.9. The number of benzene rings is 8. The standard InChI is InChI=1S/C74H76BN3O/c1-69(2,3)50-29-33-54(34-30-50)76-63-43-55(78-61-28-20-19-27-58(61)73(11)37-21-22-38-74(73,78)12)44-64-67(63)75(66-57-39-48-45-71(7,8)46-49(48)40-65(57)79-68(66)76)59-35-31-53(72(9,10)51-25-17-14-18-26-51)42-62(59)77(64)60-36-32-52(70(4,5)6)41-56(60)47-23-15-13-16-24-47/h13-20,23-36,39-44H,21-22,37-38,45-46H2,1-12H3. The molecule has 1 saturated carbocycles. The molecule has 0 saturated heterocycles. The Hall–Kier alpha value is -7.24. The maximum absolute atomic E-state index is 7.63. The van der Waals surface area contributed by atoms with Crippen molar-refractivity contribution >= 4 is 79.8 Å². The molecule has 0 bridgehead atoms. The molecule has 0 spiro atoms. The Bertz CT molecular complexity index is 3930. The topological polar surface area (TPSA) is 22.9 Å². The van der Waals surface area contributed by atoms with E-state index in [9.17, 15) is 0 Å². The van der Waals surface area contributed by atoms with Crippen molar-refractivity contribution in [3.63, 3.8) is 0 Å². The highest BCUT2D eigenvalue weighted by molar-refractivity contribution is 7.01. The van der Waals surface area contributed by atoms with Crippen LogP contribution in [0.15, 0.2) is 174 Å². The normalized spacial score (nSPS) is 19.9. The lowest BCUT2D eigenvalue weighted by Gasteiger charge is -2.51. The Morgan fingerprint density at radius 2 is 1.10 bits per heavy atom. The van der Waals surface area contributed by atoms with Crippen LogP contribution in [-0.2, 0) is 34.5 Å². The van der Waals surface area contributed by atoms with E-state index in [1.807, 2.05) is 0 Å². The Labute approximate surface area is 470 Å². The number of para-hydroxylation sites is 1. The summed E-state index contributed by atoms with van der Waals surface area (Å²) in [6.45, 7) is 28.6. The summed E-state index contributed by atoms with van der Waals surface area (Å²) in [5.41, 5.74) is 24.8. The molecule has 0 N–H and O–H groups in total. The zero-order valence-corrected chi connectivity index (χ0v) is 48.7. The van der Waals surface area contributed by atoms with E-state index in [1.165, 1.54) is 119 Å². The van der Waals surface area contributed by atoms with E-state index < -0.39 is 0 Å². The fourth-order valence-electron chi connectivity index (χ4n) is 15.4. The van der Waals surface area contributed by atoms with Crippen LogP contribution in [0, 0.1) is 5.41 Å². The van der Waals surface area contributed by atoms with Crippen LogP contribution in [-0.4, -0.2) is 12.3 Å². The van der Waals surface area contributed by atoms with Gasteiger partial charge in [0.05, 0.1) is 11.2 Å². The van der Waals surface area contributed by atoms with Crippen LogP contribution in [0.1, 0.15) is 148 Å². The summed E-state index contributed by atoms with van der Waals surface area (Å²) in [5.74, 6) is 0.921. The number of hydrogen-bond acceptors (Lipinski definition) is 4. The lowest BCUT2D eigenvalue weighted by molar-refractivity contribution is 0.195. The van der Waals surface area contributed by atoms with E-state index in [2.05, 4.69) is 268 Å². The average molecular weight is 1030 g/mol. The molecule has 2 atom stereocenters. The Balaban J connectivity index is 1.14. The first-order valence-electron chi connectivity index (χ1n) is 29.4. The minimum Gasteiger partial charge on any atom is -0.440 e. The lowest BCUT2D eigenvalue weighted by Crippen LogP contribution is -2.61. The first kappa shape index (κ1) is 50.0. The molecule has 79 heavy (non-hydrogen) atoms. The van der Waals surface area contributed by atoms with Gasteiger partial charge in [0, 0.05) is 61.4 Å². The Morgan fingerprint density at radius 3 is 1.81 bits per heavy atom. The van der Waals surface area contributed by atoms with Crippen molar-refractivity contribution in [1.29, 1.82) is 0 Å². The number of fused-ring (bicyclic) bond motifs is 10. The van der Waals surface area contributed by atoms with Crippen LogP contribution in [0.25, 0.3) is 22.1 Å². The van der Waals surface area contributed by atoms with Gasteiger partial charge in [-0.3, -0.25) is 4.90 Å². The van der Waals surface area contributed by atoms with Gasteiger partial charge in [-0.1, -0.05) is 198 Å². The molecule has 8 aromatic carbocycles. The van der Waals surface area contributed by atoms with Crippen LogP contribution >= 0.6 is 0 Å². The number of rotatable bonds is 6. The van der Waals surface area contributed by atoms with Gasteiger partial charge in [-0.05, 0) is 165 Å². The second kappa shape index (κ2) is 17.1. The summed E-state index contributed by atoms with van der Waals surface area (Å²) in [4.78, 5) is 8.02. The van der Waals surface area contributed by atoms with Gasteiger partial charge in [0.15, 0.2) is 0 Å². The van der Waals surface area contributed by atoms with Gasteiger partial charge in [-0.25, -0.2) is 0 Å². The smallest absolute Gasteiger partial charge is 0.257 e. The minimum absolute atomic E-state index is 0.00809. The molecule has 396 valence electrons. The van der Waals surface area contributed by atoms with Gasteiger partial charge >= 0.3 is 0 Å². The highest BCUT2D eigenvalue weighted by Gasteiger charge is 2.58. The molecule has 1 aromatic heterocycles. The third-order valence-electron chi connectivity index (χ3n) is 20.0. The van der Waals surface area contributed by atoms with Crippen molar-refractivity contribution in [2.45, 2.75) is 149 Å². The van der Waals surface area contributed by atoms with Crippen LogP contribution in [0.3, 0.4) is 0 Å². The Morgan fingerprint density at radius 1 is 0.481 bits per heavy atom. The molecule has 2 aliphatic carbocycles. The van der Waals surface area contributed by atoms with Gasteiger partial charge in [-0.15, -0.1) is 0 Å². The molecule has 5 aliphatic rings. The molecule has 0 amide bonds. The van der Waals surface area contributed by atoms with E-state index >= 15 is 0 Å². The third-order valence-corrected chi connectivity index (χ3v) is 20.0. The van der Waals surface area contributed by atoms with Crippen molar-refractivity contribution in [3.05, 3.63) is 209 Å². The predicted molar refractivity (Wildman–Crippen MR) is 336 cm³/mol. The van der Waals surface area contributed by atoms with E-state index in [1.54, 1.807) is 0 Å². The second-order valence-electron chi connectivity index (χ2n) is 28.0. The van der Waals surface area contributed by atoms with E-state index in [4.69, 9.17) is 4.42 Å². The lowest BCUT2D eigenvalue weighted by atomic mass is 9.33. The minimum atomic E-state index is -0.295. The van der Waals surface area contributed by atoms with Crippen LogP contribution in [0.5, 0.6) is 0 Å². The van der Waals surface area contributed by atoms with E-state index in [-0.39, 0.29) is 39.3 Å². The zero-order valence-electron chi connectivity index (χ0n) is 48.7. The van der Waals surface area contributed by atoms with Crippen molar-refractivity contribution < 1.29 is 4.42 Å².